The summed E-state index contributed by atoms with van der Waals surface area (Å²) in [6, 6.07) is 10.1. The van der Waals surface area contributed by atoms with Crippen LogP contribution in [0.25, 0.3) is 22.9 Å². The van der Waals surface area contributed by atoms with E-state index in [9.17, 15) is 5.11 Å². The minimum atomic E-state index is 0.0208. The van der Waals surface area contributed by atoms with Crippen LogP contribution in [-0.2, 0) is 18.3 Å². The lowest BCUT2D eigenvalue weighted by molar-refractivity contribution is 0.0835. The Morgan fingerprint density at radius 3 is 2.65 bits per heavy atom. The van der Waals surface area contributed by atoms with Gasteiger partial charge in [-0.1, -0.05) is 30.3 Å². The van der Waals surface area contributed by atoms with Crippen LogP contribution in [0.4, 0.5) is 0 Å². The van der Waals surface area contributed by atoms with Crippen molar-refractivity contribution in [1.82, 2.24) is 24.3 Å². The minimum absolute atomic E-state index is 0.0208. The van der Waals surface area contributed by atoms with Crippen molar-refractivity contribution in [3.63, 3.8) is 0 Å². The monoisotopic (exact) mass is 353 g/mol. The second-order valence-corrected chi connectivity index (χ2v) is 6.52. The minimum Gasteiger partial charge on any atom is -0.394 e. The Labute approximate surface area is 152 Å². The molecular weight excluding hydrogens is 330 g/mol. The van der Waals surface area contributed by atoms with Crippen molar-refractivity contribution in [2.45, 2.75) is 25.3 Å². The molecule has 0 unspecified atom stereocenters. The van der Waals surface area contributed by atoms with E-state index >= 15 is 0 Å². The van der Waals surface area contributed by atoms with E-state index in [1.165, 1.54) is 0 Å². The number of ether oxygens (including phenoxy) is 1. The highest BCUT2D eigenvalue weighted by Gasteiger charge is 2.24. The van der Waals surface area contributed by atoms with Crippen LogP contribution in [0.15, 0.2) is 36.5 Å². The van der Waals surface area contributed by atoms with Crippen molar-refractivity contribution < 1.29 is 9.84 Å². The topological polar surface area (TPSA) is 78.0 Å². The average Bonchev–Trinajstić information content (AvgIpc) is 3.27. The van der Waals surface area contributed by atoms with E-state index < -0.39 is 0 Å². The molecule has 7 nitrogen and oxygen atoms in total. The number of aliphatic hydroxyl groups is 1. The van der Waals surface area contributed by atoms with Gasteiger partial charge in [-0.3, -0.25) is 0 Å². The normalized spacial score (nSPS) is 15.5. The molecule has 3 aromatic rings. The molecule has 0 saturated carbocycles. The van der Waals surface area contributed by atoms with E-state index in [-0.39, 0.29) is 6.61 Å². The first-order chi connectivity index (χ1) is 12.8. The molecule has 0 spiro atoms. The van der Waals surface area contributed by atoms with E-state index in [1.54, 1.807) is 4.68 Å². The van der Waals surface area contributed by atoms with E-state index in [2.05, 4.69) is 10.1 Å². The second kappa shape index (κ2) is 7.39. The standard InChI is InChI=1S/C19H23N5O2/c1-23-16(13-20-18(23)15-5-3-2-4-6-15)19-21-17(22-24(19)9-10-25)14-7-11-26-12-8-14/h2-6,13-14,25H,7-12H2,1H3. The zero-order valence-corrected chi connectivity index (χ0v) is 14.9. The first-order valence-electron chi connectivity index (χ1n) is 8.98. The Kier molecular flexibility index (Phi) is 4.81. The molecule has 0 radical (unpaired) electrons. The first-order valence-corrected chi connectivity index (χ1v) is 8.98. The maximum Gasteiger partial charge on any atom is 0.176 e. The summed E-state index contributed by atoms with van der Waals surface area (Å²) in [5.41, 5.74) is 1.95. The Morgan fingerprint density at radius 1 is 1.15 bits per heavy atom. The van der Waals surface area contributed by atoms with Gasteiger partial charge in [0.05, 0.1) is 19.3 Å². The van der Waals surface area contributed by atoms with Gasteiger partial charge in [0.2, 0.25) is 0 Å². The number of aromatic nitrogens is 5. The van der Waals surface area contributed by atoms with E-state index in [1.807, 2.05) is 48.1 Å². The summed E-state index contributed by atoms with van der Waals surface area (Å²) >= 11 is 0. The van der Waals surface area contributed by atoms with Crippen molar-refractivity contribution >= 4 is 0 Å². The van der Waals surface area contributed by atoms with Crippen LogP contribution in [0, 0.1) is 0 Å². The first kappa shape index (κ1) is 16.9. The smallest absolute Gasteiger partial charge is 0.176 e. The maximum atomic E-state index is 9.43. The molecule has 1 aliphatic heterocycles. The van der Waals surface area contributed by atoms with Gasteiger partial charge in [-0.15, -0.1) is 0 Å². The summed E-state index contributed by atoms with van der Waals surface area (Å²) in [6.45, 7) is 1.93. The molecular formula is C19H23N5O2. The fourth-order valence-electron chi connectivity index (χ4n) is 3.40. The largest absolute Gasteiger partial charge is 0.394 e. The molecule has 4 rings (SSSR count). The van der Waals surface area contributed by atoms with Crippen LogP contribution in [0.5, 0.6) is 0 Å². The predicted molar refractivity (Wildman–Crippen MR) is 97.5 cm³/mol. The molecule has 0 amide bonds. The number of aliphatic hydroxyl groups excluding tert-OH is 1. The summed E-state index contributed by atoms with van der Waals surface area (Å²) in [5, 5.41) is 14.1. The van der Waals surface area contributed by atoms with E-state index in [0.717, 1.165) is 54.8 Å². The van der Waals surface area contributed by atoms with Gasteiger partial charge in [0.15, 0.2) is 11.6 Å². The van der Waals surface area contributed by atoms with Gasteiger partial charge in [0.1, 0.15) is 11.5 Å². The molecule has 136 valence electrons. The highest BCUT2D eigenvalue weighted by Crippen LogP contribution is 2.28. The van der Waals surface area contributed by atoms with Crippen molar-refractivity contribution in [2.24, 2.45) is 7.05 Å². The number of rotatable bonds is 5. The molecule has 1 N–H and O–H groups in total. The molecule has 7 heteroatoms. The lowest BCUT2D eigenvalue weighted by atomic mass is 10.00. The van der Waals surface area contributed by atoms with Crippen LogP contribution in [0.1, 0.15) is 24.6 Å². The average molecular weight is 353 g/mol. The summed E-state index contributed by atoms with van der Waals surface area (Å²) < 4.78 is 9.26. The van der Waals surface area contributed by atoms with Gasteiger partial charge >= 0.3 is 0 Å². The van der Waals surface area contributed by atoms with E-state index in [0.29, 0.717) is 12.5 Å². The summed E-state index contributed by atoms with van der Waals surface area (Å²) in [4.78, 5) is 9.40. The van der Waals surface area contributed by atoms with Crippen molar-refractivity contribution in [1.29, 1.82) is 0 Å². The van der Waals surface area contributed by atoms with Crippen LogP contribution < -0.4 is 0 Å². The Hall–Kier alpha value is -2.51. The number of benzene rings is 1. The molecule has 3 heterocycles. The maximum absolute atomic E-state index is 9.43. The zero-order chi connectivity index (χ0) is 17.9. The Morgan fingerprint density at radius 2 is 1.92 bits per heavy atom. The zero-order valence-electron chi connectivity index (χ0n) is 14.9. The van der Waals surface area contributed by atoms with Gasteiger partial charge in [-0.2, -0.15) is 5.10 Å². The summed E-state index contributed by atoms with van der Waals surface area (Å²) in [5.74, 6) is 2.77. The van der Waals surface area contributed by atoms with Crippen LogP contribution in [-0.4, -0.2) is 49.2 Å². The van der Waals surface area contributed by atoms with Crippen LogP contribution in [0.2, 0.25) is 0 Å². The van der Waals surface area contributed by atoms with Crippen molar-refractivity contribution in [3.8, 4) is 22.9 Å². The van der Waals surface area contributed by atoms with Gasteiger partial charge < -0.3 is 14.4 Å². The quantitative estimate of drug-likeness (QED) is 0.761. The molecule has 1 fully saturated rings. The third kappa shape index (κ3) is 3.15. The predicted octanol–water partition coefficient (Wildman–Crippen LogP) is 2.23. The van der Waals surface area contributed by atoms with Crippen LogP contribution >= 0.6 is 0 Å². The third-order valence-electron chi connectivity index (χ3n) is 4.84. The molecule has 1 aromatic carbocycles. The van der Waals surface area contributed by atoms with Crippen molar-refractivity contribution in [3.05, 3.63) is 42.4 Å². The van der Waals surface area contributed by atoms with Gasteiger partial charge in [-0.25, -0.2) is 14.6 Å². The lowest BCUT2D eigenvalue weighted by Crippen LogP contribution is -2.15. The van der Waals surface area contributed by atoms with E-state index in [4.69, 9.17) is 9.72 Å². The van der Waals surface area contributed by atoms with Crippen molar-refractivity contribution in [2.75, 3.05) is 19.8 Å². The number of imidazole rings is 1. The number of nitrogens with zero attached hydrogens (tertiary/aromatic N) is 5. The molecule has 1 aliphatic rings. The third-order valence-corrected chi connectivity index (χ3v) is 4.84. The van der Waals surface area contributed by atoms with Gasteiger partial charge in [0.25, 0.3) is 0 Å². The second-order valence-electron chi connectivity index (χ2n) is 6.52. The molecule has 0 atom stereocenters. The highest BCUT2D eigenvalue weighted by molar-refractivity contribution is 5.61. The SMILES string of the molecule is Cn1c(-c2nc(C3CCOCC3)nn2CCO)cnc1-c1ccccc1. The van der Waals surface area contributed by atoms with Gasteiger partial charge in [-0.05, 0) is 12.8 Å². The fourth-order valence-corrected chi connectivity index (χ4v) is 3.40. The summed E-state index contributed by atoms with van der Waals surface area (Å²) in [7, 11) is 1.98. The molecule has 26 heavy (non-hydrogen) atoms. The van der Waals surface area contributed by atoms with Gasteiger partial charge in [0, 0.05) is 31.7 Å². The summed E-state index contributed by atoms with van der Waals surface area (Å²) in [6.07, 6.45) is 3.69. The Balaban J connectivity index is 1.73. The molecule has 1 saturated heterocycles. The molecule has 0 aliphatic carbocycles. The fraction of sp³-hybridized carbons (Fsp3) is 0.421. The molecule has 2 aromatic heterocycles. The van der Waals surface area contributed by atoms with Crippen LogP contribution in [0.3, 0.4) is 0 Å². The highest BCUT2D eigenvalue weighted by atomic mass is 16.5. The number of hydrogen-bond acceptors (Lipinski definition) is 5. The molecule has 0 bridgehead atoms. The lowest BCUT2D eigenvalue weighted by Gasteiger charge is -2.18. The Bertz CT molecular complexity index is 865. The number of hydrogen-bond donors (Lipinski definition) is 1.